The van der Waals surface area contributed by atoms with Gasteiger partial charge in [-0.3, -0.25) is 14.4 Å². The van der Waals surface area contributed by atoms with E-state index >= 15 is 0 Å². The van der Waals surface area contributed by atoms with Crippen molar-refractivity contribution in [3.8, 4) is 0 Å². The molecular weight excluding hydrogens is 226 g/mol. The average molecular weight is 239 g/mol. The van der Waals surface area contributed by atoms with Crippen molar-refractivity contribution in [3.63, 3.8) is 0 Å². The molecule has 17 heavy (non-hydrogen) atoms. The van der Waals surface area contributed by atoms with E-state index in [-0.39, 0.29) is 12.2 Å². The SMILES string of the molecule is CCC(CNC(=O)c1ccc(=O)[nH]n1)C(=O)O. The number of aromatic nitrogens is 2. The standard InChI is InChI=1S/C10H13N3O4/c1-2-6(10(16)17)5-11-9(15)7-3-4-8(14)13-12-7/h3-4,6H,2,5H2,1H3,(H,11,15)(H,13,14)(H,16,17). The van der Waals surface area contributed by atoms with Crippen molar-refractivity contribution in [2.24, 2.45) is 5.92 Å². The number of aromatic amines is 1. The lowest BCUT2D eigenvalue weighted by Crippen LogP contribution is -2.33. The Hall–Kier alpha value is -2.18. The van der Waals surface area contributed by atoms with E-state index in [1.54, 1.807) is 6.92 Å². The first-order valence-electron chi connectivity index (χ1n) is 5.11. The first-order valence-corrected chi connectivity index (χ1v) is 5.11. The summed E-state index contributed by atoms with van der Waals surface area (Å²) in [6.45, 7) is 1.76. The van der Waals surface area contributed by atoms with Crippen LogP contribution < -0.4 is 10.9 Å². The van der Waals surface area contributed by atoms with E-state index in [4.69, 9.17) is 5.11 Å². The molecule has 1 atom stereocenters. The number of carboxylic acids is 1. The van der Waals surface area contributed by atoms with E-state index in [1.807, 2.05) is 0 Å². The number of nitrogens with one attached hydrogen (secondary N) is 2. The molecule has 0 aliphatic heterocycles. The maximum atomic E-state index is 11.5. The molecule has 1 aromatic rings. The number of carbonyl (C=O) groups is 2. The van der Waals surface area contributed by atoms with E-state index in [1.165, 1.54) is 12.1 Å². The van der Waals surface area contributed by atoms with Gasteiger partial charge < -0.3 is 10.4 Å². The Morgan fingerprint density at radius 3 is 2.71 bits per heavy atom. The number of carbonyl (C=O) groups excluding carboxylic acids is 1. The highest BCUT2D eigenvalue weighted by molar-refractivity contribution is 5.92. The molecule has 1 unspecified atom stereocenters. The smallest absolute Gasteiger partial charge is 0.308 e. The van der Waals surface area contributed by atoms with Crippen molar-refractivity contribution >= 4 is 11.9 Å². The summed E-state index contributed by atoms with van der Waals surface area (Å²) in [7, 11) is 0. The minimum atomic E-state index is -0.956. The molecule has 1 heterocycles. The summed E-state index contributed by atoms with van der Waals surface area (Å²) < 4.78 is 0. The molecular formula is C10H13N3O4. The lowest BCUT2D eigenvalue weighted by Gasteiger charge is -2.10. The van der Waals surface area contributed by atoms with E-state index in [0.717, 1.165) is 0 Å². The summed E-state index contributed by atoms with van der Waals surface area (Å²) in [6, 6.07) is 2.45. The molecule has 0 spiro atoms. The van der Waals surface area contributed by atoms with Gasteiger partial charge in [-0.2, -0.15) is 5.10 Å². The van der Waals surface area contributed by atoms with Crippen molar-refractivity contribution < 1.29 is 14.7 Å². The molecule has 0 aliphatic rings. The van der Waals surface area contributed by atoms with Crippen LogP contribution in [0.5, 0.6) is 0 Å². The molecule has 7 heteroatoms. The van der Waals surface area contributed by atoms with E-state index in [0.29, 0.717) is 6.42 Å². The molecule has 7 nitrogen and oxygen atoms in total. The largest absolute Gasteiger partial charge is 0.481 e. The lowest BCUT2D eigenvalue weighted by atomic mass is 10.1. The molecule has 0 fully saturated rings. The third-order valence-corrected chi connectivity index (χ3v) is 2.26. The number of H-pyrrole nitrogens is 1. The zero-order chi connectivity index (χ0) is 12.8. The monoisotopic (exact) mass is 239 g/mol. The van der Waals surface area contributed by atoms with Crippen LogP contribution in [0.1, 0.15) is 23.8 Å². The van der Waals surface area contributed by atoms with Gasteiger partial charge in [-0.15, -0.1) is 0 Å². The number of carboxylic acid groups (broad SMARTS) is 1. The molecule has 0 saturated carbocycles. The zero-order valence-corrected chi connectivity index (χ0v) is 9.27. The summed E-state index contributed by atoms with van der Waals surface area (Å²) in [5.41, 5.74) is -0.358. The van der Waals surface area contributed by atoms with Crippen molar-refractivity contribution in [3.05, 3.63) is 28.2 Å². The molecule has 3 N–H and O–H groups in total. The van der Waals surface area contributed by atoms with Crippen LogP contribution in [0.4, 0.5) is 0 Å². The van der Waals surface area contributed by atoms with Gasteiger partial charge in [0.05, 0.1) is 5.92 Å². The summed E-state index contributed by atoms with van der Waals surface area (Å²) in [4.78, 5) is 32.9. The van der Waals surface area contributed by atoms with Gasteiger partial charge in [-0.1, -0.05) is 6.92 Å². The van der Waals surface area contributed by atoms with Gasteiger partial charge in [-0.05, 0) is 12.5 Å². The Bertz CT molecular complexity index is 448. The summed E-state index contributed by atoms with van der Waals surface area (Å²) >= 11 is 0. The number of hydrogen-bond donors (Lipinski definition) is 3. The highest BCUT2D eigenvalue weighted by Gasteiger charge is 2.16. The number of rotatable bonds is 5. The van der Waals surface area contributed by atoms with Crippen LogP contribution in [0.25, 0.3) is 0 Å². The van der Waals surface area contributed by atoms with Gasteiger partial charge in [0.1, 0.15) is 5.69 Å². The van der Waals surface area contributed by atoms with Crippen LogP contribution in [-0.2, 0) is 4.79 Å². The second kappa shape index (κ2) is 5.78. The highest BCUT2D eigenvalue weighted by atomic mass is 16.4. The second-order valence-electron chi connectivity index (χ2n) is 3.46. The predicted octanol–water partition coefficient (Wildman–Crippen LogP) is -0.390. The second-order valence-corrected chi connectivity index (χ2v) is 3.46. The normalized spacial score (nSPS) is 11.8. The fourth-order valence-corrected chi connectivity index (χ4v) is 1.18. The maximum Gasteiger partial charge on any atom is 0.308 e. The minimum Gasteiger partial charge on any atom is -0.481 e. The molecule has 1 rings (SSSR count). The maximum absolute atomic E-state index is 11.5. The van der Waals surface area contributed by atoms with Crippen molar-refractivity contribution in [1.29, 1.82) is 0 Å². The van der Waals surface area contributed by atoms with Crippen LogP contribution in [0.15, 0.2) is 16.9 Å². The first-order chi connectivity index (χ1) is 8.04. The van der Waals surface area contributed by atoms with Crippen LogP contribution in [-0.4, -0.2) is 33.7 Å². The molecule has 1 aromatic heterocycles. The van der Waals surface area contributed by atoms with Crippen molar-refractivity contribution in [2.75, 3.05) is 6.54 Å². The van der Waals surface area contributed by atoms with Crippen LogP contribution >= 0.6 is 0 Å². The van der Waals surface area contributed by atoms with Gasteiger partial charge >= 0.3 is 5.97 Å². The van der Waals surface area contributed by atoms with Crippen LogP contribution in [0.3, 0.4) is 0 Å². The fraction of sp³-hybridized carbons (Fsp3) is 0.400. The predicted molar refractivity (Wildman–Crippen MR) is 58.6 cm³/mol. The third-order valence-electron chi connectivity index (χ3n) is 2.26. The highest BCUT2D eigenvalue weighted by Crippen LogP contribution is 2.01. The molecule has 1 amide bonds. The number of amides is 1. The van der Waals surface area contributed by atoms with Gasteiger partial charge in [-0.25, -0.2) is 5.10 Å². The molecule has 0 aliphatic carbocycles. The van der Waals surface area contributed by atoms with E-state index < -0.39 is 23.4 Å². The fourth-order valence-electron chi connectivity index (χ4n) is 1.18. The molecule has 0 aromatic carbocycles. The van der Waals surface area contributed by atoms with Crippen molar-refractivity contribution in [1.82, 2.24) is 15.5 Å². The van der Waals surface area contributed by atoms with Gasteiger partial charge in [0, 0.05) is 12.6 Å². The third kappa shape index (κ3) is 3.71. The van der Waals surface area contributed by atoms with Gasteiger partial charge in [0.25, 0.3) is 11.5 Å². The Kier molecular flexibility index (Phi) is 4.38. The Morgan fingerprint density at radius 2 is 2.24 bits per heavy atom. The Balaban J connectivity index is 2.58. The number of hydrogen-bond acceptors (Lipinski definition) is 4. The first kappa shape index (κ1) is 12.9. The topological polar surface area (TPSA) is 112 Å². The molecule has 92 valence electrons. The number of nitrogens with zero attached hydrogens (tertiary/aromatic N) is 1. The molecule has 0 saturated heterocycles. The minimum absolute atomic E-state index is 0.0332. The van der Waals surface area contributed by atoms with Gasteiger partial charge in [0.2, 0.25) is 0 Å². The Morgan fingerprint density at radius 1 is 1.53 bits per heavy atom. The lowest BCUT2D eigenvalue weighted by molar-refractivity contribution is -0.141. The molecule has 0 radical (unpaired) electrons. The summed E-state index contributed by atoms with van der Waals surface area (Å²) in [5.74, 6) is -2.09. The van der Waals surface area contributed by atoms with Crippen LogP contribution in [0, 0.1) is 5.92 Å². The zero-order valence-electron chi connectivity index (χ0n) is 9.27. The Labute approximate surface area is 96.9 Å². The van der Waals surface area contributed by atoms with Crippen molar-refractivity contribution in [2.45, 2.75) is 13.3 Å². The van der Waals surface area contributed by atoms with Crippen LogP contribution in [0.2, 0.25) is 0 Å². The van der Waals surface area contributed by atoms with E-state index in [9.17, 15) is 14.4 Å². The number of aliphatic carboxylic acids is 1. The molecule has 0 bridgehead atoms. The average Bonchev–Trinajstić information content (AvgIpc) is 2.30. The van der Waals surface area contributed by atoms with E-state index in [2.05, 4.69) is 15.5 Å². The summed E-state index contributed by atoms with van der Waals surface area (Å²) in [5, 5.41) is 16.9. The quantitative estimate of drug-likeness (QED) is 0.647. The summed E-state index contributed by atoms with van der Waals surface area (Å²) in [6.07, 6.45) is 0.425. The van der Waals surface area contributed by atoms with Gasteiger partial charge in [0.15, 0.2) is 0 Å².